The highest BCUT2D eigenvalue weighted by molar-refractivity contribution is 5.95. The molecule has 0 radical (unpaired) electrons. The van der Waals surface area contributed by atoms with Crippen molar-refractivity contribution in [1.29, 1.82) is 5.26 Å². The molecule has 43 heavy (non-hydrogen) atoms. The molecule has 3 aromatic rings. The summed E-state index contributed by atoms with van der Waals surface area (Å²) in [7, 11) is 1.50. The highest BCUT2D eigenvalue weighted by Gasteiger charge is 2.33. The van der Waals surface area contributed by atoms with Gasteiger partial charge in [0.25, 0.3) is 11.2 Å². The van der Waals surface area contributed by atoms with Crippen LogP contribution < -0.4 is 15.8 Å². The quantitative estimate of drug-likeness (QED) is 0.215. The topological polar surface area (TPSA) is 147 Å². The normalized spacial score (nSPS) is 14.3. The van der Waals surface area contributed by atoms with Crippen molar-refractivity contribution in [2.45, 2.75) is 38.9 Å². The van der Waals surface area contributed by atoms with Gasteiger partial charge in [-0.25, -0.2) is 9.78 Å². The van der Waals surface area contributed by atoms with Crippen LogP contribution in [0.3, 0.4) is 0 Å². The zero-order chi connectivity index (χ0) is 31.5. The Hall–Kier alpha value is -4.87. The number of halogens is 3. The van der Waals surface area contributed by atoms with Gasteiger partial charge >= 0.3 is 12.3 Å². The summed E-state index contributed by atoms with van der Waals surface area (Å²) in [4.78, 5) is 43.9. The van der Waals surface area contributed by atoms with Crippen molar-refractivity contribution in [3.05, 3.63) is 67.6 Å². The van der Waals surface area contributed by atoms with Crippen LogP contribution in [0.1, 0.15) is 49.4 Å². The molecule has 0 unspecified atom stereocenters. The molecule has 4 rings (SSSR count). The van der Waals surface area contributed by atoms with Crippen molar-refractivity contribution in [1.82, 2.24) is 14.5 Å². The number of amides is 1. The van der Waals surface area contributed by atoms with Gasteiger partial charge in [0, 0.05) is 56.9 Å². The van der Waals surface area contributed by atoms with Crippen molar-refractivity contribution in [3.63, 3.8) is 0 Å². The average molecular weight is 602 g/mol. The number of nitro groups is 1. The molecule has 1 fully saturated rings. The number of aryl methyl sites for hydroxylation is 1. The molecule has 1 aromatic carbocycles. The summed E-state index contributed by atoms with van der Waals surface area (Å²) in [5.74, 6) is 0.163. The van der Waals surface area contributed by atoms with E-state index >= 15 is 0 Å². The number of rotatable bonds is 8. The predicted molar refractivity (Wildman–Crippen MR) is 152 cm³/mol. The number of hydrogen-bond donors (Lipinski definition) is 1. The molecule has 2 aromatic heterocycles. The summed E-state index contributed by atoms with van der Waals surface area (Å²) in [5, 5.41) is 24.4. The number of anilines is 2. The first-order valence-corrected chi connectivity index (χ1v) is 13.6. The molecule has 228 valence electrons. The van der Waals surface area contributed by atoms with E-state index in [0.717, 1.165) is 25.0 Å². The first-order valence-electron chi connectivity index (χ1n) is 13.6. The summed E-state index contributed by atoms with van der Waals surface area (Å²) in [6.45, 7) is 5.15. The van der Waals surface area contributed by atoms with Gasteiger partial charge in [0.1, 0.15) is 17.6 Å². The molecule has 1 saturated heterocycles. The zero-order valence-corrected chi connectivity index (χ0v) is 23.8. The standard InChI is InChI=1S/C28H30F3N7O5/c1-4-5-10-43-27(40)37-8-6-36(7-9-37)23-14-22-24(35(3)26(23)39)19(15-32)16-33-25(22)34-17(2)18-11-20(28(29,30)31)13-21(12-18)38(41)42/h11-14,16-17H,4-10H2,1-3H3,(H,33,34)/t17-/m1/s1. The number of pyridine rings is 2. The van der Waals surface area contributed by atoms with Crippen molar-refractivity contribution >= 4 is 34.2 Å². The summed E-state index contributed by atoms with van der Waals surface area (Å²) in [6, 6.07) is 5.03. The Bertz CT molecular complexity index is 1640. The van der Waals surface area contributed by atoms with Gasteiger partial charge in [-0.3, -0.25) is 14.9 Å². The molecule has 0 spiro atoms. The summed E-state index contributed by atoms with van der Waals surface area (Å²) in [5.41, 5.74) is -1.62. The third kappa shape index (κ3) is 6.63. The fourth-order valence-corrected chi connectivity index (χ4v) is 4.88. The smallest absolute Gasteiger partial charge is 0.416 e. The molecular formula is C28H30F3N7O5. The summed E-state index contributed by atoms with van der Waals surface area (Å²) >= 11 is 0. The van der Waals surface area contributed by atoms with Gasteiger partial charge in [-0.05, 0) is 31.0 Å². The number of unbranched alkanes of at least 4 members (excludes halogenated alkanes) is 1. The fraction of sp³-hybridized carbons (Fsp3) is 0.429. The van der Waals surface area contributed by atoms with Crippen LogP contribution in [0.4, 0.5) is 35.2 Å². The van der Waals surface area contributed by atoms with Gasteiger partial charge in [-0.2, -0.15) is 18.4 Å². The van der Waals surface area contributed by atoms with Crippen LogP contribution >= 0.6 is 0 Å². The Labute approximate surface area is 244 Å². The van der Waals surface area contributed by atoms with Crippen LogP contribution in [-0.4, -0.2) is 58.3 Å². The second-order valence-corrected chi connectivity index (χ2v) is 10.2. The largest absolute Gasteiger partial charge is 0.449 e. The number of alkyl halides is 3. The number of benzene rings is 1. The van der Waals surface area contributed by atoms with Gasteiger partial charge in [0.15, 0.2) is 0 Å². The van der Waals surface area contributed by atoms with E-state index in [1.807, 2.05) is 13.0 Å². The Morgan fingerprint density at radius 3 is 2.53 bits per heavy atom. The second kappa shape index (κ2) is 12.6. The van der Waals surface area contributed by atoms with E-state index in [1.54, 1.807) is 15.9 Å². The molecule has 1 N–H and O–H groups in total. The Morgan fingerprint density at radius 1 is 1.23 bits per heavy atom. The number of hydrogen-bond acceptors (Lipinski definition) is 9. The van der Waals surface area contributed by atoms with E-state index in [-0.39, 0.29) is 33.7 Å². The lowest BCUT2D eigenvalue weighted by Gasteiger charge is -2.35. The van der Waals surface area contributed by atoms with Crippen molar-refractivity contribution in [3.8, 4) is 6.07 Å². The van der Waals surface area contributed by atoms with Gasteiger partial charge in [-0.15, -0.1) is 0 Å². The Balaban J connectivity index is 1.69. The van der Waals surface area contributed by atoms with E-state index in [2.05, 4.69) is 10.3 Å². The molecule has 3 heterocycles. The first-order chi connectivity index (χ1) is 20.3. The number of fused-ring (bicyclic) bond motifs is 1. The molecule has 0 aliphatic carbocycles. The van der Waals surface area contributed by atoms with Gasteiger partial charge in [-0.1, -0.05) is 13.3 Å². The molecular weight excluding hydrogens is 571 g/mol. The number of nitriles is 1. The molecule has 1 amide bonds. The third-order valence-corrected chi connectivity index (χ3v) is 7.28. The maximum atomic E-state index is 13.5. The lowest BCUT2D eigenvalue weighted by atomic mass is 10.0. The highest BCUT2D eigenvalue weighted by atomic mass is 19.4. The van der Waals surface area contributed by atoms with Crippen LogP contribution in [0.2, 0.25) is 0 Å². The summed E-state index contributed by atoms with van der Waals surface area (Å²) < 4.78 is 47.0. The van der Waals surface area contributed by atoms with E-state index < -0.39 is 34.5 Å². The average Bonchev–Trinajstić information content (AvgIpc) is 2.98. The minimum absolute atomic E-state index is 0.00665. The molecule has 0 bridgehead atoms. The lowest BCUT2D eigenvalue weighted by molar-refractivity contribution is -0.385. The number of ether oxygens (including phenoxy) is 1. The van der Waals surface area contributed by atoms with Crippen LogP contribution in [-0.2, 0) is 18.0 Å². The van der Waals surface area contributed by atoms with Gasteiger partial charge in [0.05, 0.1) is 34.2 Å². The van der Waals surface area contributed by atoms with Crippen molar-refractivity contribution < 1.29 is 27.6 Å². The van der Waals surface area contributed by atoms with E-state index in [1.165, 1.54) is 24.7 Å². The molecule has 1 aliphatic heterocycles. The predicted octanol–water partition coefficient (Wildman–Crippen LogP) is 4.96. The maximum absolute atomic E-state index is 13.5. The third-order valence-electron chi connectivity index (χ3n) is 7.28. The molecule has 1 atom stereocenters. The van der Waals surface area contributed by atoms with Gasteiger partial charge in [0.2, 0.25) is 0 Å². The fourth-order valence-electron chi connectivity index (χ4n) is 4.88. The Morgan fingerprint density at radius 2 is 1.93 bits per heavy atom. The number of nitrogens with one attached hydrogen (secondary N) is 1. The van der Waals surface area contributed by atoms with Crippen molar-refractivity contribution in [2.24, 2.45) is 7.05 Å². The van der Waals surface area contributed by atoms with Crippen LogP contribution in [0.15, 0.2) is 35.3 Å². The van der Waals surface area contributed by atoms with Gasteiger partial charge < -0.3 is 24.4 Å². The number of non-ortho nitro benzene ring substituents is 1. The van der Waals surface area contributed by atoms with Crippen LogP contribution in [0.5, 0.6) is 0 Å². The Kier molecular flexibility index (Phi) is 9.07. The number of nitro benzene ring substituents is 1. The first kappa shape index (κ1) is 31.1. The SMILES string of the molecule is CCCCOC(=O)N1CCN(c2cc3c(N[C@H](C)c4cc([N+](=O)[O-])cc(C(F)(F)F)c4)ncc(C#N)c3n(C)c2=O)CC1. The monoisotopic (exact) mass is 601 g/mol. The minimum atomic E-state index is -4.80. The number of piperazine rings is 1. The molecule has 12 nitrogen and oxygen atoms in total. The summed E-state index contributed by atoms with van der Waals surface area (Å²) in [6.07, 6.45) is -2.32. The number of nitrogens with zero attached hydrogens (tertiary/aromatic N) is 6. The molecule has 1 aliphatic rings. The zero-order valence-electron chi connectivity index (χ0n) is 23.8. The van der Waals surface area contributed by atoms with Crippen molar-refractivity contribution in [2.75, 3.05) is 43.0 Å². The van der Waals surface area contributed by atoms with E-state index in [9.17, 15) is 38.1 Å². The number of carbonyl (C=O) groups is 1. The lowest BCUT2D eigenvalue weighted by Crippen LogP contribution is -2.50. The van der Waals surface area contributed by atoms with E-state index in [0.29, 0.717) is 44.2 Å². The minimum Gasteiger partial charge on any atom is -0.449 e. The molecule has 0 saturated carbocycles. The number of carbonyl (C=O) groups excluding carboxylic acids is 1. The van der Waals surface area contributed by atoms with E-state index in [4.69, 9.17) is 4.74 Å². The molecule has 15 heteroatoms. The van der Waals surface area contributed by atoms with Crippen LogP contribution in [0.25, 0.3) is 10.9 Å². The second-order valence-electron chi connectivity index (χ2n) is 10.2. The van der Waals surface area contributed by atoms with Crippen LogP contribution in [0, 0.1) is 21.4 Å². The number of aromatic nitrogens is 2. The maximum Gasteiger partial charge on any atom is 0.416 e. The highest BCUT2D eigenvalue weighted by Crippen LogP contribution is 2.35.